The van der Waals surface area contributed by atoms with E-state index in [-0.39, 0.29) is 12.2 Å². The van der Waals surface area contributed by atoms with Gasteiger partial charge in [0.15, 0.2) is 11.9 Å². The number of hydrogen-bond acceptors (Lipinski definition) is 5. The van der Waals surface area contributed by atoms with Gasteiger partial charge in [0.05, 0.1) is 6.42 Å². The number of rotatable bonds is 7. The zero-order valence-corrected chi connectivity index (χ0v) is 14.4. The number of carbonyl (C=O) groups is 3. The molecule has 0 saturated carbocycles. The number of amides is 1. The van der Waals surface area contributed by atoms with Gasteiger partial charge in [0, 0.05) is 16.1 Å². The van der Waals surface area contributed by atoms with Crippen molar-refractivity contribution in [2.45, 2.75) is 32.8 Å². The molecular weight excluding hydrogens is 326 g/mol. The van der Waals surface area contributed by atoms with Crippen molar-refractivity contribution in [3.63, 3.8) is 0 Å². The molecule has 1 atom stereocenters. The lowest BCUT2D eigenvalue weighted by Crippen LogP contribution is -2.30. The smallest absolute Gasteiger partial charge is 0.306 e. The van der Waals surface area contributed by atoms with Gasteiger partial charge in [0.1, 0.15) is 0 Å². The number of carbonyl (C=O) groups excluding carboxylic acids is 3. The molecule has 0 bridgehead atoms. The van der Waals surface area contributed by atoms with E-state index in [1.165, 1.54) is 13.8 Å². The summed E-state index contributed by atoms with van der Waals surface area (Å²) >= 11 is 1.58. The van der Waals surface area contributed by atoms with Gasteiger partial charge >= 0.3 is 5.97 Å². The minimum atomic E-state index is -0.881. The number of aryl methyl sites for hydroxylation is 1. The van der Waals surface area contributed by atoms with Crippen molar-refractivity contribution in [3.05, 3.63) is 52.2 Å². The van der Waals surface area contributed by atoms with E-state index in [0.29, 0.717) is 17.7 Å². The zero-order valence-electron chi connectivity index (χ0n) is 13.6. The Bertz CT molecular complexity index is 707. The summed E-state index contributed by atoms with van der Waals surface area (Å²) in [5.74, 6) is -0.853. The predicted molar refractivity (Wildman–Crippen MR) is 93.3 cm³/mol. The molecule has 0 aliphatic heterocycles. The van der Waals surface area contributed by atoms with Crippen LogP contribution in [0.15, 0.2) is 41.8 Å². The number of Topliss-reactive ketones (excluding diaryl/α,β-unsaturated/α-hetero) is 1. The fourth-order valence-corrected chi connectivity index (χ4v) is 2.73. The van der Waals surface area contributed by atoms with Gasteiger partial charge in [-0.3, -0.25) is 14.4 Å². The Hall–Kier alpha value is -2.47. The van der Waals surface area contributed by atoms with Crippen LogP contribution in [0.5, 0.6) is 0 Å². The van der Waals surface area contributed by atoms with E-state index in [0.717, 1.165) is 4.88 Å². The first kappa shape index (κ1) is 17.9. The normalized spacial score (nSPS) is 11.6. The Kier molecular flexibility index (Phi) is 6.26. The Morgan fingerprint density at radius 1 is 1.17 bits per heavy atom. The molecule has 0 aliphatic rings. The van der Waals surface area contributed by atoms with Crippen molar-refractivity contribution in [2.24, 2.45) is 0 Å². The number of benzene rings is 1. The number of nitrogens with one attached hydrogen (secondary N) is 1. The molecule has 0 radical (unpaired) electrons. The summed E-state index contributed by atoms with van der Waals surface area (Å²) in [7, 11) is 0. The standard InChI is InChI=1S/C18H19NO4S/c1-12(20)14-5-7-15(8-6-14)19-18(22)13(2)23-17(21)10-9-16-4-3-11-24-16/h3-8,11,13H,9-10H2,1-2H3,(H,19,22)/t13-/m1/s1. The van der Waals surface area contributed by atoms with Crippen molar-refractivity contribution in [3.8, 4) is 0 Å². The second-order valence-electron chi connectivity index (χ2n) is 5.33. The first-order valence-electron chi connectivity index (χ1n) is 7.59. The molecule has 6 heteroatoms. The van der Waals surface area contributed by atoms with Gasteiger partial charge in [-0.05, 0) is 56.0 Å². The second-order valence-corrected chi connectivity index (χ2v) is 6.37. The number of ketones is 1. The van der Waals surface area contributed by atoms with Gasteiger partial charge in [0.2, 0.25) is 0 Å². The minimum Gasteiger partial charge on any atom is -0.453 e. The summed E-state index contributed by atoms with van der Waals surface area (Å²) in [4.78, 5) is 36.2. The molecular formula is C18H19NO4S. The molecule has 1 amide bonds. The molecule has 1 aromatic carbocycles. The van der Waals surface area contributed by atoms with Crippen LogP contribution in [0.4, 0.5) is 5.69 Å². The van der Waals surface area contributed by atoms with Crippen LogP contribution in [0.2, 0.25) is 0 Å². The molecule has 1 N–H and O–H groups in total. The number of anilines is 1. The van der Waals surface area contributed by atoms with Crippen LogP contribution in [0.1, 0.15) is 35.5 Å². The highest BCUT2D eigenvalue weighted by Gasteiger charge is 2.18. The van der Waals surface area contributed by atoms with Crippen molar-refractivity contribution < 1.29 is 19.1 Å². The Labute approximate surface area is 144 Å². The summed E-state index contributed by atoms with van der Waals surface area (Å²) in [5, 5.41) is 4.61. The molecule has 0 fully saturated rings. The quantitative estimate of drug-likeness (QED) is 0.616. The maximum absolute atomic E-state index is 12.0. The highest BCUT2D eigenvalue weighted by atomic mass is 32.1. The largest absolute Gasteiger partial charge is 0.453 e. The third-order valence-electron chi connectivity index (χ3n) is 3.39. The van der Waals surface area contributed by atoms with Crippen molar-refractivity contribution in [2.75, 3.05) is 5.32 Å². The Morgan fingerprint density at radius 2 is 1.88 bits per heavy atom. The maximum atomic E-state index is 12.0. The minimum absolute atomic E-state index is 0.0408. The van der Waals surface area contributed by atoms with Gasteiger partial charge in [-0.2, -0.15) is 0 Å². The predicted octanol–water partition coefficient (Wildman–Crippen LogP) is 3.45. The van der Waals surface area contributed by atoms with Crippen LogP contribution in [0.3, 0.4) is 0 Å². The zero-order chi connectivity index (χ0) is 17.5. The monoisotopic (exact) mass is 345 g/mol. The van der Waals surface area contributed by atoms with Crippen LogP contribution in [0.25, 0.3) is 0 Å². The maximum Gasteiger partial charge on any atom is 0.306 e. The van der Waals surface area contributed by atoms with Crippen LogP contribution >= 0.6 is 11.3 Å². The summed E-state index contributed by atoms with van der Waals surface area (Å²) in [5.41, 5.74) is 1.12. The van der Waals surface area contributed by atoms with Gasteiger partial charge in [-0.15, -0.1) is 11.3 Å². The molecule has 2 rings (SSSR count). The van der Waals surface area contributed by atoms with E-state index in [4.69, 9.17) is 4.74 Å². The van der Waals surface area contributed by atoms with Crippen LogP contribution in [-0.2, 0) is 20.7 Å². The van der Waals surface area contributed by atoms with Gasteiger partial charge in [-0.25, -0.2) is 0 Å². The van der Waals surface area contributed by atoms with E-state index in [9.17, 15) is 14.4 Å². The molecule has 1 aromatic heterocycles. The van der Waals surface area contributed by atoms with Crippen molar-refractivity contribution in [1.29, 1.82) is 0 Å². The molecule has 0 spiro atoms. The third-order valence-corrected chi connectivity index (χ3v) is 4.33. The van der Waals surface area contributed by atoms with E-state index >= 15 is 0 Å². The van der Waals surface area contributed by atoms with Crippen molar-refractivity contribution >= 4 is 34.7 Å². The van der Waals surface area contributed by atoms with E-state index in [2.05, 4.69) is 5.32 Å². The molecule has 1 heterocycles. The van der Waals surface area contributed by atoms with Crippen LogP contribution in [-0.4, -0.2) is 23.8 Å². The summed E-state index contributed by atoms with van der Waals surface area (Å²) < 4.78 is 5.14. The molecule has 0 unspecified atom stereocenters. The SMILES string of the molecule is CC(=O)c1ccc(NC(=O)[C@@H](C)OC(=O)CCc2cccs2)cc1. The lowest BCUT2D eigenvalue weighted by atomic mass is 10.1. The third kappa shape index (κ3) is 5.31. The number of ether oxygens (including phenoxy) is 1. The average molecular weight is 345 g/mol. The summed E-state index contributed by atoms with van der Waals surface area (Å²) in [6.45, 7) is 3.01. The first-order chi connectivity index (χ1) is 11.5. The van der Waals surface area contributed by atoms with Crippen LogP contribution < -0.4 is 5.32 Å². The van der Waals surface area contributed by atoms with Crippen molar-refractivity contribution in [1.82, 2.24) is 0 Å². The summed E-state index contributed by atoms with van der Waals surface area (Å²) in [6.07, 6.45) is -0.0312. The number of hydrogen-bond donors (Lipinski definition) is 1. The van der Waals surface area contributed by atoms with E-state index in [1.807, 2.05) is 17.5 Å². The topological polar surface area (TPSA) is 72.5 Å². The highest BCUT2D eigenvalue weighted by molar-refractivity contribution is 7.09. The fraction of sp³-hybridized carbons (Fsp3) is 0.278. The van der Waals surface area contributed by atoms with Gasteiger partial charge < -0.3 is 10.1 Å². The first-order valence-corrected chi connectivity index (χ1v) is 8.47. The molecule has 24 heavy (non-hydrogen) atoms. The van der Waals surface area contributed by atoms with E-state index in [1.54, 1.807) is 35.6 Å². The second kappa shape index (κ2) is 8.40. The average Bonchev–Trinajstić information content (AvgIpc) is 3.06. The molecule has 126 valence electrons. The fourth-order valence-electron chi connectivity index (χ4n) is 2.02. The van der Waals surface area contributed by atoms with Gasteiger partial charge in [-0.1, -0.05) is 6.07 Å². The summed E-state index contributed by atoms with van der Waals surface area (Å²) in [6, 6.07) is 10.4. The lowest BCUT2D eigenvalue weighted by Gasteiger charge is -2.13. The molecule has 0 saturated heterocycles. The lowest BCUT2D eigenvalue weighted by molar-refractivity contribution is -0.153. The number of thiophene rings is 1. The molecule has 5 nitrogen and oxygen atoms in total. The Balaban J connectivity index is 1.80. The van der Waals surface area contributed by atoms with E-state index < -0.39 is 18.0 Å². The highest BCUT2D eigenvalue weighted by Crippen LogP contribution is 2.13. The molecule has 0 aliphatic carbocycles. The number of esters is 1. The van der Waals surface area contributed by atoms with Gasteiger partial charge in [0.25, 0.3) is 5.91 Å². The van der Waals surface area contributed by atoms with Crippen LogP contribution in [0, 0.1) is 0 Å². The molecule has 2 aromatic rings. The Morgan fingerprint density at radius 3 is 2.46 bits per heavy atom.